The standard InChI is InChI=1S/C10H9F2NO4/c1-10(11,12)8-5-7(13(16)17)3-2-6(8)4-9(14)15/h2-3,5H,4H2,1H3,(H,14,15). The molecule has 0 saturated heterocycles. The van der Waals surface area contributed by atoms with Crippen LogP contribution in [0, 0.1) is 10.1 Å². The van der Waals surface area contributed by atoms with Gasteiger partial charge in [-0.2, -0.15) is 0 Å². The molecule has 0 bridgehead atoms. The Hall–Kier alpha value is -2.05. The highest BCUT2D eigenvalue weighted by atomic mass is 19.3. The van der Waals surface area contributed by atoms with E-state index in [9.17, 15) is 23.7 Å². The Balaban J connectivity index is 3.31. The van der Waals surface area contributed by atoms with Crippen molar-refractivity contribution in [2.75, 3.05) is 0 Å². The molecule has 0 aliphatic heterocycles. The minimum atomic E-state index is -3.32. The van der Waals surface area contributed by atoms with Crippen LogP contribution in [0.3, 0.4) is 0 Å². The van der Waals surface area contributed by atoms with Crippen LogP contribution in [0.1, 0.15) is 18.1 Å². The van der Waals surface area contributed by atoms with E-state index in [0.717, 1.165) is 12.1 Å². The summed E-state index contributed by atoms with van der Waals surface area (Å²) in [5.41, 5.74) is -1.25. The number of nitrogens with zero attached hydrogens (tertiary/aromatic N) is 1. The summed E-state index contributed by atoms with van der Waals surface area (Å²) in [6.45, 7) is 0.567. The number of nitro groups is 1. The number of carboxylic acids is 1. The van der Waals surface area contributed by atoms with Gasteiger partial charge in [-0.3, -0.25) is 14.9 Å². The molecular formula is C10H9F2NO4. The van der Waals surface area contributed by atoms with E-state index in [2.05, 4.69) is 0 Å². The van der Waals surface area contributed by atoms with Crippen molar-refractivity contribution in [1.82, 2.24) is 0 Å². The van der Waals surface area contributed by atoms with Crippen LogP contribution in [0.15, 0.2) is 18.2 Å². The molecule has 0 aromatic heterocycles. The number of hydrogen-bond donors (Lipinski definition) is 1. The number of carboxylic acid groups (broad SMARTS) is 1. The molecule has 0 aliphatic rings. The lowest BCUT2D eigenvalue weighted by atomic mass is 9.99. The maximum absolute atomic E-state index is 13.2. The molecule has 0 fully saturated rings. The number of hydrogen-bond acceptors (Lipinski definition) is 3. The second kappa shape index (κ2) is 4.44. The number of aliphatic carboxylic acids is 1. The van der Waals surface area contributed by atoms with Crippen LogP contribution >= 0.6 is 0 Å². The lowest BCUT2D eigenvalue weighted by molar-refractivity contribution is -0.385. The summed E-state index contributed by atoms with van der Waals surface area (Å²) >= 11 is 0. The molecule has 0 radical (unpaired) electrons. The van der Waals surface area contributed by atoms with Gasteiger partial charge in [0.1, 0.15) is 0 Å². The predicted octanol–water partition coefficient (Wildman–Crippen LogP) is 2.33. The zero-order valence-corrected chi connectivity index (χ0v) is 8.81. The Morgan fingerprint density at radius 3 is 2.53 bits per heavy atom. The zero-order chi connectivity index (χ0) is 13.2. The van der Waals surface area contributed by atoms with Gasteiger partial charge in [0.05, 0.1) is 11.3 Å². The summed E-state index contributed by atoms with van der Waals surface area (Å²) in [6.07, 6.45) is -0.600. The van der Waals surface area contributed by atoms with Crippen molar-refractivity contribution in [3.63, 3.8) is 0 Å². The fourth-order valence-electron chi connectivity index (χ4n) is 1.40. The van der Waals surface area contributed by atoms with Gasteiger partial charge in [0, 0.05) is 24.6 Å². The Morgan fingerprint density at radius 1 is 1.53 bits per heavy atom. The molecule has 17 heavy (non-hydrogen) atoms. The molecule has 92 valence electrons. The maximum atomic E-state index is 13.2. The van der Waals surface area contributed by atoms with Crippen LogP contribution in [0.25, 0.3) is 0 Å². The fourth-order valence-corrected chi connectivity index (χ4v) is 1.40. The molecule has 0 saturated carbocycles. The van der Waals surface area contributed by atoms with Gasteiger partial charge in [-0.25, -0.2) is 8.78 Å². The van der Waals surface area contributed by atoms with Crippen molar-refractivity contribution < 1.29 is 23.6 Å². The molecule has 5 nitrogen and oxygen atoms in total. The lowest BCUT2D eigenvalue weighted by Gasteiger charge is -2.14. The molecule has 0 spiro atoms. The van der Waals surface area contributed by atoms with Gasteiger partial charge in [-0.05, 0) is 5.56 Å². The molecule has 1 rings (SSSR count). The van der Waals surface area contributed by atoms with E-state index in [0.29, 0.717) is 13.0 Å². The molecule has 0 unspecified atom stereocenters. The van der Waals surface area contributed by atoms with Gasteiger partial charge >= 0.3 is 5.97 Å². The van der Waals surface area contributed by atoms with Crippen molar-refractivity contribution in [2.24, 2.45) is 0 Å². The quantitative estimate of drug-likeness (QED) is 0.652. The summed E-state index contributed by atoms with van der Waals surface area (Å²) in [5, 5.41) is 19.0. The van der Waals surface area contributed by atoms with Crippen LogP contribution in [-0.2, 0) is 17.1 Å². The van der Waals surface area contributed by atoms with Crippen molar-refractivity contribution in [2.45, 2.75) is 19.3 Å². The third-order valence-corrected chi connectivity index (χ3v) is 2.12. The molecule has 1 aromatic carbocycles. The zero-order valence-electron chi connectivity index (χ0n) is 8.81. The SMILES string of the molecule is CC(F)(F)c1cc([N+](=O)[O-])ccc1CC(=O)O. The Labute approximate surface area is 94.8 Å². The normalized spacial score (nSPS) is 11.2. The summed E-state index contributed by atoms with van der Waals surface area (Å²) in [6, 6.07) is 2.75. The summed E-state index contributed by atoms with van der Waals surface area (Å²) in [4.78, 5) is 20.1. The first-order chi connectivity index (χ1) is 7.71. The topological polar surface area (TPSA) is 80.4 Å². The second-order valence-corrected chi connectivity index (χ2v) is 3.56. The number of non-ortho nitro benzene ring substituents is 1. The first-order valence-corrected chi connectivity index (χ1v) is 4.59. The molecule has 1 N–H and O–H groups in total. The Bertz CT molecular complexity index is 468. The minimum Gasteiger partial charge on any atom is -0.481 e. The smallest absolute Gasteiger partial charge is 0.307 e. The van der Waals surface area contributed by atoms with Gasteiger partial charge in [-0.15, -0.1) is 0 Å². The number of rotatable bonds is 4. The molecule has 0 amide bonds. The minimum absolute atomic E-state index is 0.129. The highest BCUT2D eigenvalue weighted by molar-refractivity contribution is 5.71. The van der Waals surface area contributed by atoms with Gasteiger partial charge in [0.2, 0.25) is 0 Å². The first-order valence-electron chi connectivity index (χ1n) is 4.59. The highest BCUT2D eigenvalue weighted by Gasteiger charge is 2.30. The van der Waals surface area contributed by atoms with Crippen molar-refractivity contribution in [3.8, 4) is 0 Å². The molecular weight excluding hydrogens is 236 g/mol. The number of nitro benzene ring substituents is 1. The van der Waals surface area contributed by atoms with Crippen molar-refractivity contribution in [3.05, 3.63) is 39.4 Å². The second-order valence-electron chi connectivity index (χ2n) is 3.56. The molecule has 0 atom stereocenters. The van der Waals surface area contributed by atoms with Crippen LogP contribution < -0.4 is 0 Å². The van der Waals surface area contributed by atoms with Gasteiger partial charge < -0.3 is 5.11 Å². The van der Waals surface area contributed by atoms with Crippen LogP contribution in [0.5, 0.6) is 0 Å². The van der Waals surface area contributed by atoms with Crippen molar-refractivity contribution in [1.29, 1.82) is 0 Å². The first kappa shape index (κ1) is 13.0. The van der Waals surface area contributed by atoms with E-state index in [-0.39, 0.29) is 5.56 Å². The molecule has 0 aliphatic carbocycles. The maximum Gasteiger partial charge on any atom is 0.307 e. The third-order valence-electron chi connectivity index (χ3n) is 2.12. The van der Waals surface area contributed by atoms with Gasteiger partial charge in [0.25, 0.3) is 11.6 Å². The number of carbonyl (C=O) groups is 1. The van der Waals surface area contributed by atoms with Crippen LogP contribution in [0.4, 0.5) is 14.5 Å². The number of halogens is 2. The average molecular weight is 245 g/mol. The average Bonchev–Trinajstić information content (AvgIpc) is 2.15. The molecule has 7 heteroatoms. The number of alkyl halides is 2. The molecule has 1 aromatic rings. The summed E-state index contributed by atoms with van der Waals surface area (Å²) in [5.74, 6) is -4.60. The lowest BCUT2D eigenvalue weighted by Crippen LogP contribution is -2.14. The van der Waals surface area contributed by atoms with E-state index < -0.39 is 34.5 Å². The van der Waals surface area contributed by atoms with Gasteiger partial charge in [0.15, 0.2) is 0 Å². The summed E-state index contributed by atoms with van der Waals surface area (Å²) < 4.78 is 26.4. The Morgan fingerprint density at radius 2 is 2.12 bits per heavy atom. The Kier molecular flexibility index (Phi) is 3.40. The van der Waals surface area contributed by atoms with E-state index in [4.69, 9.17) is 5.11 Å². The van der Waals surface area contributed by atoms with Gasteiger partial charge in [-0.1, -0.05) is 6.07 Å². The predicted molar refractivity (Wildman–Crippen MR) is 54.0 cm³/mol. The number of benzene rings is 1. The fraction of sp³-hybridized carbons (Fsp3) is 0.300. The van der Waals surface area contributed by atoms with Crippen LogP contribution in [-0.4, -0.2) is 16.0 Å². The largest absolute Gasteiger partial charge is 0.481 e. The summed E-state index contributed by atoms with van der Waals surface area (Å²) in [7, 11) is 0. The third kappa shape index (κ3) is 3.20. The highest BCUT2D eigenvalue weighted by Crippen LogP contribution is 2.32. The van der Waals surface area contributed by atoms with E-state index in [1.54, 1.807) is 0 Å². The van der Waals surface area contributed by atoms with E-state index >= 15 is 0 Å². The molecule has 0 heterocycles. The van der Waals surface area contributed by atoms with E-state index in [1.807, 2.05) is 0 Å². The van der Waals surface area contributed by atoms with Crippen LogP contribution in [0.2, 0.25) is 0 Å². The monoisotopic (exact) mass is 245 g/mol. The van der Waals surface area contributed by atoms with Crippen molar-refractivity contribution >= 4 is 11.7 Å². The van der Waals surface area contributed by atoms with E-state index in [1.165, 1.54) is 0 Å².